The molecular formula is C10H15N. The van der Waals surface area contributed by atoms with Crippen LogP contribution in [0.3, 0.4) is 0 Å². The predicted octanol–water partition coefficient (Wildman–Crippen LogP) is 2.14. The molecule has 1 aromatic rings. The fourth-order valence-electron chi connectivity index (χ4n) is 0.953. The highest BCUT2D eigenvalue weighted by Gasteiger charge is 1.94. The maximum Gasteiger partial charge on any atom is 0.0394 e. The van der Waals surface area contributed by atoms with Crippen molar-refractivity contribution in [2.45, 2.75) is 13.5 Å². The van der Waals surface area contributed by atoms with Crippen LogP contribution < -0.4 is 0 Å². The van der Waals surface area contributed by atoms with Crippen molar-refractivity contribution in [3.05, 3.63) is 35.9 Å². The molecule has 0 saturated carbocycles. The highest BCUT2D eigenvalue weighted by Crippen LogP contribution is 2.01. The first-order valence-corrected chi connectivity index (χ1v) is 3.92. The molecule has 1 rings (SSSR count). The molecule has 0 bridgehead atoms. The molecule has 0 aromatic heterocycles. The van der Waals surface area contributed by atoms with Crippen molar-refractivity contribution in [2.24, 2.45) is 0 Å². The molecule has 0 aliphatic heterocycles. The molecule has 11 heavy (non-hydrogen) atoms. The molecule has 0 aliphatic carbocycles. The zero-order valence-corrected chi connectivity index (χ0v) is 6.96. The summed E-state index contributed by atoms with van der Waals surface area (Å²) in [4.78, 5) is 2.08. The molecule has 0 heterocycles. The van der Waals surface area contributed by atoms with E-state index in [0.717, 1.165) is 13.1 Å². The van der Waals surface area contributed by atoms with Gasteiger partial charge in [-0.1, -0.05) is 37.3 Å². The van der Waals surface area contributed by atoms with Gasteiger partial charge in [0.05, 0.1) is 0 Å². The first-order chi connectivity index (χ1) is 5.86. The first-order valence-electron chi connectivity index (χ1n) is 4.63. The van der Waals surface area contributed by atoms with Crippen molar-refractivity contribution >= 4 is 0 Å². The summed E-state index contributed by atoms with van der Waals surface area (Å²) in [5, 5.41) is 0. The molecule has 0 atom stereocenters. The van der Waals surface area contributed by atoms with Gasteiger partial charge in [0.15, 0.2) is 0 Å². The van der Waals surface area contributed by atoms with E-state index in [2.05, 4.69) is 24.0 Å². The van der Waals surface area contributed by atoms with E-state index in [1.807, 2.05) is 18.2 Å². The van der Waals surface area contributed by atoms with Crippen molar-refractivity contribution < 1.29 is 1.37 Å². The lowest BCUT2D eigenvalue weighted by Gasteiger charge is -2.12. The van der Waals surface area contributed by atoms with Gasteiger partial charge in [-0.15, -0.1) is 0 Å². The van der Waals surface area contributed by atoms with E-state index in [0.29, 0.717) is 7.02 Å². The van der Waals surface area contributed by atoms with Crippen molar-refractivity contribution in [3.63, 3.8) is 0 Å². The molecular weight excluding hydrogens is 134 g/mol. The Balaban J connectivity index is 2.51. The van der Waals surface area contributed by atoms with Gasteiger partial charge in [0.25, 0.3) is 0 Å². The van der Waals surface area contributed by atoms with Crippen LogP contribution in [0.5, 0.6) is 0 Å². The zero-order chi connectivity index (χ0) is 8.81. The van der Waals surface area contributed by atoms with Crippen LogP contribution in [0.2, 0.25) is 0 Å². The average Bonchev–Trinajstić information content (AvgIpc) is 2.16. The van der Waals surface area contributed by atoms with Crippen LogP contribution in [-0.4, -0.2) is 18.5 Å². The topological polar surface area (TPSA) is 3.24 Å². The molecule has 1 heteroatoms. The van der Waals surface area contributed by atoms with Crippen molar-refractivity contribution in [2.75, 3.05) is 13.6 Å². The minimum atomic E-state index is 0.380. The van der Waals surface area contributed by atoms with Gasteiger partial charge in [0.2, 0.25) is 0 Å². The minimum Gasteiger partial charge on any atom is -0.302 e. The van der Waals surface area contributed by atoms with Gasteiger partial charge in [0, 0.05) is 7.92 Å². The Morgan fingerprint density at radius 1 is 1.36 bits per heavy atom. The first kappa shape index (κ1) is 6.86. The number of benzene rings is 1. The van der Waals surface area contributed by atoms with Gasteiger partial charge >= 0.3 is 0 Å². The maximum absolute atomic E-state index is 7.24. The molecule has 1 aromatic carbocycles. The smallest absolute Gasteiger partial charge is 0.0394 e. The third kappa shape index (κ3) is 2.72. The van der Waals surface area contributed by atoms with Crippen LogP contribution in [0.1, 0.15) is 13.9 Å². The Bertz CT molecular complexity index is 206. The van der Waals surface area contributed by atoms with Crippen molar-refractivity contribution in [3.8, 4) is 0 Å². The third-order valence-electron chi connectivity index (χ3n) is 1.70. The molecule has 0 saturated heterocycles. The second kappa shape index (κ2) is 4.14. The van der Waals surface area contributed by atoms with E-state index in [1.165, 1.54) is 5.56 Å². The highest BCUT2D eigenvalue weighted by molar-refractivity contribution is 5.14. The summed E-state index contributed by atoms with van der Waals surface area (Å²) in [7, 11) is 0.380. The van der Waals surface area contributed by atoms with Crippen LogP contribution in [0, 0.1) is 0 Å². The Hall–Kier alpha value is -0.820. The maximum atomic E-state index is 7.24. The molecule has 0 radical (unpaired) electrons. The van der Waals surface area contributed by atoms with E-state index < -0.39 is 0 Å². The summed E-state index contributed by atoms with van der Waals surface area (Å²) in [6.07, 6.45) is 0. The summed E-state index contributed by atoms with van der Waals surface area (Å²) in [5.74, 6) is 0. The van der Waals surface area contributed by atoms with Crippen LogP contribution >= 0.6 is 0 Å². The molecule has 0 amide bonds. The zero-order valence-electron chi connectivity index (χ0n) is 7.96. The van der Waals surface area contributed by atoms with Gasteiger partial charge < -0.3 is 4.90 Å². The second-order valence-electron chi connectivity index (χ2n) is 2.63. The number of hydrogen-bond acceptors (Lipinski definition) is 1. The quantitative estimate of drug-likeness (QED) is 0.639. The number of rotatable bonds is 3. The molecule has 0 aliphatic rings. The summed E-state index contributed by atoms with van der Waals surface area (Å²) in [5.41, 5.74) is 1.28. The van der Waals surface area contributed by atoms with Crippen molar-refractivity contribution in [1.29, 1.82) is 0 Å². The van der Waals surface area contributed by atoms with Crippen LogP contribution in [0.4, 0.5) is 0 Å². The summed E-state index contributed by atoms with van der Waals surface area (Å²) in [6.45, 7) is 3.91. The second-order valence-corrected chi connectivity index (χ2v) is 2.63. The number of nitrogens with zero attached hydrogens (tertiary/aromatic N) is 1. The Kier molecular flexibility index (Phi) is 2.58. The van der Waals surface area contributed by atoms with Crippen molar-refractivity contribution in [1.82, 2.24) is 4.90 Å². The van der Waals surface area contributed by atoms with Crippen LogP contribution in [0.15, 0.2) is 30.3 Å². The standard InChI is InChI=1S/C10H15N/c1-3-11(2)9-10-7-5-4-6-8-10/h4-8H,3,9H2,1-2H3/i2T. The van der Waals surface area contributed by atoms with Gasteiger partial charge in [-0.05, 0) is 19.1 Å². The highest BCUT2D eigenvalue weighted by atomic mass is 15.1. The lowest BCUT2D eigenvalue weighted by molar-refractivity contribution is 0.346. The summed E-state index contributed by atoms with van der Waals surface area (Å²) >= 11 is 0. The van der Waals surface area contributed by atoms with Gasteiger partial charge in [0.1, 0.15) is 0 Å². The van der Waals surface area contributed by atoms with E-state index in [9.17, 15) is 0 Å². The van der Waals surface area contributed by atoms with E-state index in [4.69, 9.17) is 1.37 Å². The molecule has 1 nitrogen and oxygen atoms in total. The summed E-state index contributed by atoms with van der Waals surface area (Å²) < 4.78 is 7.24. The third-order valence-corrected chi connectivity index (χ3v) is 1.70. The lowest BCUT2D eigenvalue weighted by atomic mass is 10.2. The molecule has 0 fully saturated rings. The van der Waals surface area contributed by atoms with Crippen LogP contribution in [-0.2, 0) is 6.54 Å². The monoisotopic (exact) mass is 151 g/mol. The van der Waals surface area contributed by atoms with Gasteiger partial charge in [-0.25, -0.2) is 0 Å². The molecule has 0 spiro atoms. The molecule has 0 unspecified atom stereocenters. The Labute approximate surface area is 70.1 Å². The van der Waals surface area contributed by atoms with E-state index in [-0.39, 0.29) is 0 Å². The molecule has 0 N–H and O–H groups in total. The van der Waals surface area contributed by atoms with Crippen LogP contribution in [0.25, 0.3) is 0 Å². The van der Waals surface area contributed by atoms with E-state index in [1.54, 1.807) is 0 Å². The van der Waals surface area contributed by atoms with E-state index >= 15 is 0 Å². The largest absolute Gasteiger partial charge is 0.302 e. The molecule has 60 valence electrons. The Morgan fingerprint density at radius 3 is 2.64 bits per heavy atom. The predicted molar refractivity (Wildman–Crippen MR) is 48.5 cm³/mol. The fraction of sp³-hybridized carbons (Fsp3) is 0.400. The lowest BCUT2D eigenvalue weighted by Crippen LogP contribution is -2.16. The minimum absolute atomic E-state index is 0.380. The Morgan fingerprint density at radius 2 is 2.09 bits per heavy atom. The average molecular weight is 151 g/mol. The normalized spacial score (nSPS) is 11.6. The van der Waals surface area contributed by atoms with Gasteiger partial charge in [-0.3, -0.25) is 0 Å². The summed E-state index contributed by atoms with van der Waals surface area (Å²) in [6, 6.07) is 10.3. The van der Waals surface area contributed by atoms with Gasteiger partial charge in [-0.2, -0.15) is 0 Å². The SMILES string of the molecule is [3H]CN(CC)Cc1ccccc1. The fourth-order valence-corrected chi connectivity index (χ4v) is 0.953. The number of hydrogen-bond donors (Lipinski definition) is 0.